The minimum absolute atomic E-state index is 0.101. The highest BCUT2D eigenvalue weighted by Gasteiger charge is 2.40. The van der Waals surface area contributed by atoms with Gasteiger partial charge in [-0.15, -0.1) is 0 Å². The van der Waals surface area contributed by atoms with E-state index in [-0.39, 0.29) is 23.5 Å². The highest BCUT2D eigenvalue weighted by Crippen LogP contribution is 2.25. The Kier molecular flexibility index (Phi) is 5.34. The summed E-state index contributed by atoms with van der Waals surface area (Å²) in [6.45, 7) is 3.89. The summed E-state index contributed by atoms with van der Waals surface area (Å²) < 4.78 is 17.1. The predicted molar refractivity (Wildman–Crippen MR) is 108 cm³/mol. The smallest absolute Gasteiger partial charge is 0.395 e. The maximum absolute atomic E-state index is 13.0. The monoisotopic (exact) mass is 428 g/mol. The third-order valence-electron chi connectivity index (χ3n) is 4.84. The lowest BCUT2D eigenvalue weighted by Gasteiger charge is -2.44. The van der Waals surface area contributed by atoms with Crippen molar-refractivity contribution in [1.82, 2.24) is 9.58 Å². The van der Waals surface area contributed by atoms with E-state index in [2.05, 4.69) is 10.7 Å². The van der Waals surface area contributed by atoms with E-state index in [4.69, 9.17) is 14.2 Å². The number of morpholine rings is 1. The first-order chi connectivity index (χ1) is 14.8. The number of carbonyl (C=O) groups excluding carboxylic acids is 3. The minimum Gasteiger partial charge on any atom is -0.395 e. The number of hydrogen-bond donors (Lipinski definition) is 2. The number of nitrogens with zero attached hydrogens (tertiary/aromatic N) is 2. The predicted octanol–water partition coefficient (Wildman–Crippen LogP) is 1.13. The fourth-order valence-electron chi connectivity index (χ4n) is 3.44. The van der Waals surface area contributed by atoms with E-state index >= 15 is 0 Å². The molecule has 1 saturated heterocycles. The van der Waals surface area contributed by atoms with Gasteiger partial charge >= 0.3 is 6.16 Å². The highest BCUT2D eigenvalue weighted by atomic mass is 16.7. The van der Waals surface area contributed by atoms with E-state index in [9.17, 15) is 19.2 Å². The molecule has 2 aliphatic heterocycles. The molecule has 3 heterocycles. The van der Waals surface area contributed by atoms with Gasteiger partial charge in [-0.3, -0.25) is 19.1 Å². The summed E-state index contributed by atoms with van der Waals surface area (Å²) in [5.41, 5.74) is 2.86. The van der Waals surface area contributed by atoms with Crippen molar-refractivity contribution >= 4 is 23.7 Å². The number of hydrogen-bond acceptors (Lipinski definition) is 8. The number of aromatic nitrogens is 1. The topological polar surface area (TPSA) is 128 Å². The standard InChI is InChI=1S/C20H20N4O7/c1-11-18-22-24-8-7-15(26)17(16(24)19(27)23(18)9-10-29-11)31-20(28)30-14-5-3-13(4-6-14)21-12(2)25/h3-8,11,18,22H,9-10H2,1-2H3,(H,21,25). The Labute approximate surface area is 176 Å². The maximum atomic E-state index is 13.0. The van der Waals surface area contributed by atoms with Crippen LogP contribution in [0.25, 0.3) is 0 Å². The van der Waals surface area contributed by atoms with Gasteiger partial charge in [0, 0.05) is 31.4 Å². The molecule has 0 spiro atoms. The number of pyridine rings is 1. The van der Waals surface area contributed by atoms with Gasteiger partial charge in [-0.2, -0.15) is 0 Å². The molecule has 0 saturated carbocycles. The average molecular weight is 428 g/mol. The van der Waals surface area contributed by atoms with Gasteiger partial charge in [0.1, 0.15) is 11.9 Å². The lowest BCUT2D eigenvalue weighted by Crippen LogP contribution is -2.62. The molecular formula is C20H20N4O7. The van der Waals surface area contributed by atoms with Crippen LogP contribution < -0.4 is 25.6 Å². The van der Waals surface area contributed by atoms with Crippen LogP contribution >= 0.6 is 0 Å². The normalized spacial score (nSPS) is 19.5. The SMILES string of the molecule is CC(=O)Nc1ccc(OC(=O)Oc2c3n(ccc2=O)NC2C(C)OCCN2C3=O)cc1. The van der Waals surface area contributed by atoms with E-state index in [0.29, 0.717) is 18.8 Å². The first kappa shape index (κ1) is 20.4. The molecule has 0 bridgehead atoms. The number of ether oxygens (including phenoxy) is 3. The Balaban J connectivity index is 1.55. The van der Waals surface area contributed by atoms with Crippen LogP contribution in [0.1, 0.15) is 24.3 Å². The van der Waals surface area contributed by atoms with Gasteiger partial charge < -0.3 is 29.9 Å². The molecule has 0 radical (unpaired) electrons. The van der Waals surface area contributed by atoms with Crippen molar-refractivity contribution < 1.29 is 28.6 Å². The van der Waals surface area contributed by atoms with Gasteiger partial charge in [-0.25, -0.2) is 4.79 Å². The lowest BCUT2D eigenvalue weighted by molar-refractivity contribution is -0.114. The van der Waals surface area contributed by atoms with Crippen molar-refractivity contribution in [3.63, 3.8) is 0 Å². The Morgan fingerprint density at radius 2 is 1.90 bits per heavy atom. The Morgan fingerprint density at radius 3 is 2.61 bits per heavy atom. The molecular weight excluding hydrogens is 408 g/mol. The first-order valence-corrected chi connectivity index (χ1v) is 9.55. The molecule has 2 amide bonds. The second-order valence-corrected chi connectivity index (χ2v) is 7.04. The van der Waals surface area contributed by atoms with Crippen molar-refractivity contribution in [1.29, 1.82) is 0 Å². The van der Waals surface area contributed by atoms with Crippen molar-refractivity contribution in [3.8, 4) is 11.5 Å². The molecule has 2 aromatic rings. The van der Waals surface area contributed by atoms with E-state index in [1.54, 1.807) is 0 Å². The van der Waals surface area contributed by atoms with Crippen molar-refractivity contribution in [2.75, 3.05) is 23.9 Å². The van der Waals surface area contributed by atoms with Crippen LogP contribution in [0, 0.1) is 0 Å². The molecule has 2 atom stereocenters. The number of benzene rings is 1. The summed E-state index contributed by atoms with van der Waals surface area (Å²) in [6, 6.07) is 7.16. The summed E-state index contributed by atoms with van der Waals surface area (Å²) in [5.74, 6) is -0.996. The summed E-state index contributed by atoms with van der Waals surface area (Å²) in [4.78, 5) is 50.3. The minimum atomic E-state index is -1.18. The lowest BCUT2D eigenvalue weighted by atomic mass is 10.1. The molecule has 11 nitrogen and oxygen atoms in total. The summed E-state index contributed by atoms with van der Waals surface area (Å²) in [6.07, 6.45) is -0.463. The number of carbonyl (C=O) groups is 3. The highest BCUT2D eigenvalue weighted by molar-refractivity contribution is 5.97. The molecule has 162 valence electrons. The third-order valence-corrected chi connectivity index (χ3v) is 4.84. The number of nitrogens with one attached hydrogen (secondary N) is 2. The second kappa shape index (κ2) is 8.11. The Morgan fingerprint density at radius 1 is 1.16 bits per heavy atom. The third kappa shape index (κ3) is 4.08. The molecule has 1 aromatic carbocycles. The summed E-state index contributed by atoms with van der Waals surface area (Å²) >= 11 is 0. The Hall–Kier alpha value is -3.86. The van der Waals surface area contributed by atoms with Crippen LogP contribution in [0.5, 0.6) is 11.5 Å². The summed E-state index contributed by atoms with van der Waals surface area (Å²) in [5, 5.41) is 2.58. The van der Waals surface area contributed by atoms with Crippen LogP contribution in [0.4, 0.5) is 10.5 Å². The quantitative estimate of drug-likeness (QED) is 0.550. The van der Waals surface area contributed by atoms with Crippen LogP contribution in [0.2, 0.25) is 0 Å². The largest absolute Gasteiger partial charge is 0.519 e. The van der Waals surface area contributed by atoms with Crippen LogP contribution in [-0.2, 0) is 9.53 Å². The fraction of sp³-hybridized carbons (Fsp3) is 0.300. The van der Waals surface area contributed by atoms with Gasteiger partial charge in [0.25, 0.3) is 5.91 Å². The molecule has 1 fully saturated rings. The van der Waals surface area contributed by atoms with Gasteiger partial charge in [0.2, 0.25) is 17.1 Å². The molecule has 2 N–H and O–H groups in total. The van der Waals surface area contributed by atoms with Gasteiger partial charge in [-0.1, -0.05) is 0 Å². The maximum Gasteiger partial charge on any atom is 0.519 e. The molecule has 11 heteroatoms. The molecule has 2 aliphatic rings. The zero-order valence-corrected chi connectivity index (χ0v) is 16.8. The van der Waals surface area contributed by atoms with Crippen molar-refractivity contribution in [2.45, 2.75) is 26.1 Å². The molecule has 4 rings (SSSR count). The van der Waals surface area contributed by atoms with Crippen LogP contribution in [-0.4, -0.2) is 53.0 Å². The van der Waals surface area contributed by atoms with Gasteiger partial charge in [0.05, 0.1) is 12.7 Å². The van der Waals surface area contributed by atoms with E-state index in [1.807, 2.05) is 6.92 Å². The van der Waals surface area contributed by atoms with E-state index < -0.39 is 29.4 Å². The zero-order valence-electron chi connectivity index (χ0n) is 16.8. The first-order valence-electron chi connectivity index (χ1n) is 9.55. The molecule has 2 unspecified atom stereocenters. The molecule has 0 aliphatic carbocycles. The average Bonchev–Trinajstić information content (AvgIpc) is 2.72. The zero-order chi connectivity index (χ0) is 22.1. The van der Waals surface area contributed by atoms with Crippen LogP contribution in [0.3, 0.4) is 0 Å². The van der Waals surface area contributed by atoms with E-state index in [0.717, 1.165) is 0 Å². The number of rotatable bonds is 3. The van der Waals surface area contributed by atoms with Gasteiger partial charge in [0.15, 0.2) is 5.69 Å². The Bertz CT molecular complexity index is 1100. The second-order valence-electron chi connectivity index (χ2n) is 7.04. The summed E-state index contributed by atoms with van der Waals surface area (Å²) in [7, 11) is 0. The number of fused-ring (bicyclic) bond motifs is 2. The number of amides is 2. The van der Waals surface area contributed by atoms with Crippen molar-refractivity contribution in [2.24, 2.45) is 0 Å². The molecule has 31 heavy (non-hydrogen) atoms. The van der Waals surface area contributed by atoms with E-state index in [1.165, 1.54) is 53.0 Å². The fourth-order valence-corrected chi connectivity index (χ4v) is 3.44. The number of anilines is 1. The van der Waals surface area contributed by atoms with Gasteiger partial charge in [-0.05, 0) is 31.2 Å². The molecule has 1 aromatic heterocycles. The van der Waals surface area contributed by atoms with Crippen molar-refractivity contribution in [3.05, 3.63) is 52.4 Å². The van der Waals surface area contributed by atoms with Crippen LogP contribution in [0.15, 0.2) is 41.3 Å².